The van der Waals surface area contributed by atoms with Gasteiger partial charge in [-0.05, 0) is 44.5 Å². The van der Waals surface area contributed by atoms with Crippen molar-refractivity contribution in [2.24, 2.45) is 5.41 Å². The Morgan fingerprint density at radius 2 is 2.07 bits per heavy atom. The fourth-order valence-corrected chi connectivity index (χ4v) is 1.19. The van der Waals surface area contributed by atoms with Crippen LogP contribution in [0.2, 0.25) is 0 Å². The van der Waals surface area contributed by atoms with Gasteiger partial charge >= 0.3 is 0 Å². The van der Waals surface area contributed by atoms with Gasteiger partial charge < -0.3 is 5.32 Å². The molecule has 1 heterocycles. The molecular formula is C12H17N3. The lowest BCUT2D eigenvalue weighted by Crippen LogP contribution is -2.21. The van der Waals surface area contributed by atoms with E-state index in [-0.39, 0.29) is 5.41 Å². The van der Waals surface area contributed by atoms with Crippen LogP contribution < -0.4 is 5.32 Å². The molecular weight excluding hydrogens is 186 g/mol. The minimum atomic E-state index is -0.231. The first-order chi connectivity index (χ1) is 7.14. The van der Waals surface area contributed by atoms with Crippen molar-refractivity contribution in [2.75, 3.05) is 6.54 Å². The normalized spacial score (nSPS) is 11.0. The van der Waals surface area contributed by atoms with Gasteiger partial charge in [-0.3, -0.25) is 4.98 Å². The van der Waals surface area contributed by atoms with Crippen LogP contribution in [-0.2, 0) is 6.54 Å². The zero-order valence-corrected chi connectivity index (χ0v) is 9.33. The Morgan fingerprint density at radius 3 is 2.67 bits per heavy atom. The van der Waals surface area contributed by atoms with Gasteiger partial charge in [0.05, 0.1) is 11.5 Å². The van der Waals surface area contributed by atoms with E-state index >= 15 is 0 Å². The number of nitriles is 1. The standard InChI is InChI=1S/C12H17N3/c1-12(2,10-13)5-8-15-9-11-3-6-14-7-4-11/h3-4,6-7,15H,5,8-9H2,1-2H3. The highest BCUT2D eigenvalue weighted by Crippen LogP contribution is 2.17. The van der Waals surface area contributed by atoms with Crippen LogP contribution in [0.4, 0.5) is 0 Å². The van der Waals surface area contributed by atoms with Gasteiger partial charge in [-0.25, -0.2) is 0 Å². The molecule has 1 aromatic heterocycles. The molecule has 0 aliphatic carbocycles. The summed E-state index contributed by atoms with van der Waals surface area (Å²) < 4.78 is 0. The molecule has 0 aliphatic rings. The summed E-state index contributed by atoms with van der Waals surface area (Å²) in [5, 5.41) is 12.1. The van der Waals surface area contributed by atoms with Crippen LogP contribution in [0.15, 0.2) is 24.5 Å². The Labute approximate surface area is 91.1 Å². The van der Waals surface area contributed by atoms with Gasteiger partial charge in [0.1, 0.15) is 0 Å². The summed E-state index contributed by atoms with van der Waals surface area (Å²) in [4.78, 5) is 3.96. The third kappa shape index (κ3) is 4.57. The smallest absolute Gasteiger partial charge is 0.0684 e. The van der Waals surface area contributed by atoms with Gasteiger partial charge in [0.25, 0.3) is 0 Å². The predicted octanol–water partition coefficient (Wildman–Crippen LogP) is 2.11. The van der Waals surface area contributed by atoms with Crippen molar-refractivity contribution in [3.63, 3.8) is 0 Å². The summed E-state index contributed by atoms with van der Waals surface area (Å²) in [5.41, 5.74) is 0.991. The number of hydrogen-bond donors (Lipinski definition) is 1. The number of nitrogens with zero attached hydrogens (tertiary/aromatic N) is 2. The molecule has 80 valence electrons. The first-order valence-electron chi connectivity index (χ1n) is 5.15. The second-order valence-corrected chi connectivity index (χ2v) is 4.28. The van der Waals surface area contributed by atoms with Crippen LogP contribution in [0.25, 0.3) is 0 Å². The molecule has 0 saturated heterocycles. The molecule has 0 bridgehead atoms. The van der Waals surface area contributed by atoms with E-state index in [2.05, 4.69) is 16.4 Å². The number of nitrogens with one attached hydrogen (secondary N) is 1. The first-order valence-corrected chi connectivity index (χ1v) is 5.15. The van der Waals surface area contributed by atoms with E-state index in [0.717, 1.165) is 19.5 Å². The van der Waals surface area contributed by atoms with Crippen molar-refractivity contribution in [2.45, 2.75) is 26.8 Å². The Balaban J connectivity index is 2.21. The van der Waals surface area contributed by atoms with Crippen molar-refractivity contribution < 1.29 is 0 Å². The van der Waals surface area contributed by atoms with Crippen molar-refractivity contribution in [1.29, 1.82) is 5.26 Å². The summed E-state index contributed by atoms with van der Waals surface area (Å²) in [6.45, 7) is 5.62. The van der Waals surface area contributed by atoms with Crippen LogP contribution in [0.5, 0.6) is 0 Å². The molecule has 1 rings (SSSR count). The maximum absolute atomic E-state index is 8.82. The van der Waals surface area contributed by atoms with E-state index in [1.54, 1.807) is 12.4 Å². The lowest BCUT2D eigenvalue weighted by molar-refractivity contribution is 0.432. The third-order valence-corrected chi connectivity index (χ3v) is 2.31. The maximum Gasteiger partial charge on any atom is 0.0684 e. The maximum atomic E-state index is 8.82. The molecule has 0 aliphatic heterocycles. The van der Waals surface area contributed by atoms with Crippen molar-refractivity contribution in [3.8, 4) is 6.07 Å². The zero-order valence-electron chi connectivity index (χ0n) is 9.33. The van der Waals surface area contributed by atoms with Gasteiger partial charge in [0.15, 0.2) is 0 Å². The number of aromatic nitrogens is 1. The van der Waals surface area contributed by atoms with Gasteiger partial charge in [-0.1, -0.05) is 0 Å². The quantitative estimate of drug-likeness (QED) is 0.746. The number of pyridine rings is 1. The number of hydrogen-bond acceptors (Lipinski definition) is 3. The van der Waals surface area contributed by atoms with Gasteiger partial charge in [0, 0.05) is 18.9 Å². The fraction of sp³-hybridized carbons (Fsp3) is 0.500. The summed E-state index contributed by atoms with van der Waals surface area (Å²) in [5.74, 6) is 0. The van der Waals surface area contributed by atoms with Gasteiger partial charge in [-0.15, -0.1) is 0 Å². The highest BCUT2D eigenvalue weighted by Gasteiger charge is 2.15. The molecule has 3 nitrogen and oxygen atoms in total. The Kier molecular flexibility index (Phi) is 4.26. The largest absolute Gasteiger partial charge is 0.313 e. The molecule has 0 radical (unpaired) electrons. The SMILES string of the molecule is CC(C)(C#N)CCNCc1ccncc1. The molecule has 3 heteroatoms. The highest BCUT2D eigenvalue weighted by molar-refractivity contribution is 5.08. The van der Waals surface area contributed by atoms with E-state index in [0.29, 0.717) is 0 Å². The van der Waals surface area contributed by atoms with Crippen molar-refractivity contribution in [3.05, 3.63) is 30.1 Å². The van der Waals surface area contributed by atoms with E-state index in [1.807, 2.05) is 26.0 Å². The lowest BCUT2D eigenvalue weighted by Gasteiger charge is -2.14. The van der Waals surface area contributed by atoms with E-state index in [4.69, 9.17) is 5.26 Å². The second kappa shape index (κ2) is 5.47. The third-order valence-electron chi connectivity index (χ3n) is 2.31. The Morgan fingerprint density at radius 1 is 1.40 bits per heavy atom. The molecule has 0 spiro atoms. The summed E-state index contributed by atoms with van der Waals surface area (Å²) >= 11 is 0. The summed E-state index contributed by atoms with van der Waals surface area (Å²) in [6.07, 6.45) is 4.45. The van der Waals surface area contributed by atoms with Crippen LogP contribution in [0.1, 0.15) is 25.8 Å². The topological polar surface area (TPSA) is 48.7 Å². The average Bonchev–Trinajstić information content (AvgIpc) is 2.26. The monoisotopic (exact) mass is 203 g/mol. The van der Waals surface area contributed by atoms with Crippen LogP contribution in [0.3, 0.4) is 0 Å². The van der Waals surface area contributed by atoms with E-state index in [1.165, 1.54) is 5.56 Å². The minimum Gasteiger partial charge on any atom is -0.313 e. The Bertz CT molecular complexity index is 324. The molecule has 0 amide bonds. The molecule has 0 saturated carbocycles. The van der Waals surface area contributed by atoms with Crippen molar-refractivity contribution in [1.82, 2.24) is 10.3 Å². The molecule has 0 aromatic carbocycles. The Hall–Kier alpha value is -1.40. The molecule has 1 aromatic rings. The van der Waals surface area contributed by atoms with E-state index in [9.17, 15) is 0 Å². The van der Waals surface area contributed by atoms with Crippen molar-refractivity contribution >= 4 is 0 Å². The summed E-state index contributed by atoms with van der Waals surface area (Å²) in [7, 11) is 0. The van der Waals surface area contributed by atoms with Crippen LogP contribution >= 0.6 is 0 Å². The second-order valence-electron chi connectivity index (χ2n) is 4.28. The first kappa shape index (κ1) is 11.7. The van der Waals surface area contributed by atoms with Gasteiger partial charge in [0.2, 0.25) is 0 Å². The fourth-order valence-electron chi connectivity index (χ4n) is 1.19. The van der Waals surface area contributed by atoms with Gasteiger partial charge in [-0.2, -0.15) is 5.26 Å². The highest BCUT2D eigenvalue weighted by atomic mass is 14.8. The lowest BCUT2D eigenvalue weighted by atomic mass is 9.91. The van der Waals surface area contributed by atoms with Crippen LogP contribution in [0, 0.1) is 16.7 Å². The number of rotatable bonds is 5. The summed E-state index contributed by atoms with van der Waals surface area (Å²) in [6, 6.07) is 6.27. The van der Waals surface area contributed by atoms with E-state index < -0.39 is 0 Å². The van der Waals surface area contributed by atoms with Crippen LogP contribution in [-0.4, -0.2) is 11.5 Å². The minimum absolute atomic E-state index is 0.231. The zero-order chi connectivity index (χ0) is 11.1. The predicted molar refractivity (Wildman–Crippen MR) is 60.0 cm³/mol. The molecule has 0 fully saturated rings. The molecule has 0 atom stereocenters. The average molecular weight is 203 g/mol. The molecule has 15 heavy (non-hydrogen) atoms. The molecule has 0 unspecified atom stereocenters. The molecule has 1 N–H and O–H groups in total.